The highest BCUT2D eigenvalue weighted by atomic mass is 32.2. The predicted octanol–water partition coefficient (Wildman–Crippen LogP) is 0.331. The predicted molar refractivity (Wildman–Crippen MR) is 59.9 cm³/mol. The van der Waals surface area contributed by atoms with Gasteiger partial charge in [0, 0.05) is 12.5 Å². The number of aromatic nitrogens is 2. The molecular weight excluding hydrogens is 246 g/mol. The zero-order valence-corrected chi connectivity index (χ0v) is 10.2. The molecule has 0 fully saturated rings. The van der Waals surface area contributed by atoms with Gasteiger partial charge in [-0.05, 0) is 25.8 Å². The Hall–Kier alpha value is -1.41. The van der Waals surface area contributed by atoms with Gasteiger partial charge in [0.25, 0.3) is 10.0 Å². The van der Waals surface area contributed by atoms with E-state index in [1.807, 2.05) is 0 Å². The van der Waals surface area contributed by atoms with Crippen molar-refractivity contribution in [2.75, 3.05) is 0 Å². The summed E-state index contributed by atoms with van der Waals surface area (Å²) < 4.78 is 25.8. The van der Waals surface area contributed by atoms with Crippen molar-refractivity contribution in [1.82, 2.24) is 14.9 Å². The number of carboxylic acids is 1. The van der Waals surface area contributed by atoms with Crippen LogP contribution in [-0.4, -0.2) is 35.7 Å². The SMILES string of the molecule is CC(CCCC(=O)O)NS(=O)(=O)c1ccn[nH]1. The minimum Gasteiger partial charge on any atom is -0.481 e. The van der Waals surface area contributed by atoms with E-state index in [2.05, 4.69) is 14.9 Å². The fourth-order valence-corrected chi connectivity index (χ4v) is 2.53. The van der Waals surface area contributed by atoms with Crippen LogP contribution in [0.15, 0.2) is 17.3 Å². The molecule has 1 aromatic heterocycles. The maximum atomic E-state index is 11.7. The van der Waals surface area contributed by atoms with Crippen LogP contribution in [0.5, 0.6) is 0 Å². The first-order valence-corrected chi connectivity index (χ1v) is 6.63. The van der Waals surface area contributed by atoms with Crippen molar-refractivity contribution >= 4 is 16.0 Å². The zero-order valence-electron chi connectivity index (χ0n) is 9.38. The van der Waals surface area contributed by atoms with E-state index in [1.54, 1.807) is 6.92 Å². The van der Waals surface area contributed by atoms with Crippen molar-refractivity contribution in [2.24, 2.45) is 0 Å². The second-order valence-electron chi connectivity index (χ2n) is 3.73. The molecule has 7 nitrogen and oxygen atoms in total. The van der Waals surface area contributed by atoms with Crippen LogP contribution >= 0.6 is 0 Å². The highest BCUT2D eigenvalue weighted by Gasteiger charge is 2.18. The third-order valence-electron chi connectivity index (χ3n) is 2.15. The van der Waals surface area contributed by atoms with Gasteiger partial charge in [-0.2, -0.15) is 5.10 Å². The summed E-state index contributed by atoms with van der Waals surface area (Å²) in [5, 5.41) is 14.4. The van der Waals surface area contributed by atoms with E-state index < -0.39 is 16.0 Å². The molecule has 8 heteroatoms. The number of aliphatic carboxylic acids is 1. The second-order valence-corrected chi connectivity index (χ2v) is 5.41. The maximum Gasteiger partial charge on any atom is 0.303 e. The average molecular weight is 261 g/mol. The van der Waals surface area contributed by atoms with Crippen LogP contribution in [0.1, 0.15) is 26.2 Å². The fourth-order valence-electron chi connectivity index (χ4n) is 1.34. The van der Waals surface area contributed by atoms with Gasteiger partial charge in [0.05, 0.1) is 6.20 Å². The van der Waals surface area contributed by atoms with E-state index >= 15 is 0 Å². The van der Waals surface area contributed by atoms with Gasteiger partial charge in [-0.3, -0.25) is 9.89 Å². The van der Waals surface area contributed by atoms with E-state index in [-0.39, 0.29) is 17.5 Å². The summed E-state index contributed by atoms with van der Waals surface area (Å²) in [4.78, 5) is 10.3. The van der Waals surface area contributed by atoms with Gasteiger partial charge in [0.1, 0.15) is 0 Å². The standard InChI is InChI=1S/C9H15N3O4S/c1-7(3-2-4-9(13)14)12-17(15,16)8-5-6-10-11-8/h5-7,12H,2-4H2,1H3,(H,10,11)(H,13,14). The summed E-state index contributed by atoms with van der Waals surface area (Å²) in [6, 6.07) is 1.04. The van der Waals surface area contributed by atoms with E-state index in [0.717, 1.165) is 0 Å². The number of hydrogen-bond donors (Lipinski definition) is 3. The quantitative estimate of drug-likeness (QED) is 0.654. The molecule has 0 spiro atoms. The first kappa shape index (κ1) is 13.7. The second kappa shape index (κ2) is 5.78. The smallest absolute Gasteiger partial charge is 0.303 e. The summed E-state index contributed by atoms with van der Waals surface area (Å²) in [5.41, 5.74) is 0. The van der Waals surface area contributed by atoms with E-state index in [1.165, 1.54) is 12.3 Å². The lowest BCUT2D eigenvalue weighted by Gasteiger charge is -2.12. The van der Waals surface area contributed by atoms with Crippen molar-refractivity contribution < 1.29 is 18.3 Å². The van der Waals surface area contributed by atoms with E-state index in [0.29, 0.717) is 12.8 Å². The normalized spacial score (nSPS) is 13.5. The molecule has 0 amide bonds. The number of nitrogens with one attached hydrogen (secondary N) is 2. The number of sulfonamides is 1. The molecule has 0 saturated heterocycles. The summed E-state index contributed by atoms with van der Waals surface area (Å²) in [5.74, 6) is -0.881. The highest BCUT2D eigenvalue weighted by Crippen LogP contribution is 2.07. The third kappa shape index (κ3) is 4.53. The molecule has 1 unspecified atom stereocenters. The van der Waals surface area contributed by atoms with Crippen molar-refractivity contribution in [1.29, 1.82) is 0 Å². The molecule has 0 aliphatic heterocycles. The van der Waals surface area contributed by atoms with Crippen LogP contribution in [0, 0.1) is 0 Å². The molecule has 1 rings (SSSR count). The van der Waals surface area contributed by atoms with E-state index in [9.17, 15) is 13.2 Å². The Kier molecular flexibility index (Phi) is 4.64. The van der Waals surface area contributed by atoms with Crippen molar-refractivity contribution in [3.8, 4) is 0 Å². The Labute approximate surface area is 99.3 Å². The number of nitrogens with zero attached hydrogens (tertiary/aromatic N) is 1. The number of H-pyrrole nitrogens is 1. The van der Waals surface area contributed by atoms with E-state index in [4.69, 9.17) is 5.11 Å². The lowest BCUT2D eigenvalue weighted by Crippen LogP contribution is -2.32. The van der Waals surface area contributed by atoms with Gasteiger partial charge in [-0.25, -0.2) is 13.1 Å². The Morgan fingerprint density at radius 3 is 2.88 bits per heavy atom. The van der Waals surface area contributed by atoms with Crippen LogP contribution in [-0.2, 0) is 14.8 Å². The molecule has 1 atom stereocenters. The molecule has 1 aromatic rings. The molecular formula is C9H15N3O4S. The van der Waals surface area contributed by atoms with Crippen molar-refractivity contribution in [3.63, 3.8) is 0 Å². The zero-order chi connectivity index (χ0) is 12.9. The van der Waals surface area contributed by atoms with Gasteiger partial charge >= 0.3 is 5.97 Å². The molecule has 0 bridgehead atoms. The minimum atomic E-state index is -3.58. The molecule has 0 aromatic carbocycles. The Morgan fingerprint density at radius 1 is 1.65 bits per heavy atom. The van der Waals surface area contributed by atoms with Crippen molar-refractivity contribution in [2.45, 2.75) is 37.3 Å². The first-order valence-electron chi connectivity index (χ1n) is 5.15. The molecule has 0 radical (unpaired) electrons. The van der Waals surface area contributed by atoms with Gasteiger partial charge in [-0.15, -0.1) is 0 Å². The Morgan fingerprint density at radius 2 is 2.35 bits per heavy atom. The van der Waals surface area contributed by atoms with Crippen LogP contribution < -0.4 is 4.72 Å². The summed E-state index contributed by atoms with van der Waals surface area (Å²) in [6.07, 6.45) is 2.29. The fraction of sp³-hybridized carbons (Fsp3) is 0.556. The molecule has 1 heterocycles. The van der Waals surface area contributed by atoms with Crippen molar-refractivity contribution in [3.05, 3.63) is 12.3 Å². The number of carboxylic acid groups (broad SMARTS) is 1. The van der Waals surface area contributed by atoms with Gasteiger partial charge in [-0.1, -0.05) is 0 Å². The molecule has 96 valence electrons. The molecule has 17 heavy (non-hydrogen) atoms. The number of carbonyl (C=O) groups is 1. The number of hydrogen-bond acceptors (Lipinski definition) is 4. The molecule has 0 aliphatic rings. The van der Waals surface area contributed by atoms with Gasteiger partial charge in [0.2, 0.25) is 0 Å². The minimum absolute atomic E-state index is 0.00239. The summed E-state index contributed by atoms with van der Waals surface area (Å²) in [7, 11) is -3.58. The number of rotatable bonds is 7. The maximum absolute atomic E-state index is 11.7. The summed E-state index contributed by atoms with van der Waals surface area (Å²) in [6.45, 7) is 1.69. The van der Waals surface area contributed by atoms with Crippen LogP contribution in [0.3, 0.4) is 0 Å². The third-order valence-corrected chi connectivity index (χ3v) is 3.67. The highest BCUT2D eigenvalue weighted by molar-refractivity contribution is 7.89. The number of aromatic amines is 1. The van der Waals surface area contributed by atoms with Crippen LogP contribution in [0.2, 0.25) is 0 Å². The lowest BCUT2D eigenvalue weighted by atomic mass is 10.1. The molecule has 0 saturated carbocycles. The summed E-state index contributed by atoms with van der Waals surface area (Å²) >= 11 is 0. The molecule has 0 aliphatic carbocycles. The first-order chi connectivity index (χ1) is 7.92. The van der Waals surface area contributed by atoms with Crippen LogP contribution in [0.4, 0.5) is 0 Å². The Balaban J connectivity index is 2.46. The Bertz CT molecular complexity index is 455. The van der Waals surface area contributed by atoms with Crippen LogP contribution in [0.25, 0.3) is 0 Å². The lowest BCUT2D eigenvalue weighted by molar-refractivity contribution is -0.137. The molecule has 3 N–H and O–H groups in total. The van der Waals surface area contributed by atoms with Gasteiger partial charge in [0.15, 0.2) is 5.03 Å². The monoisotopic (exact) mass is 261 g/mol. The van der Waals surface area contributed by atoms with Gasteiger partial charge < -0.3 is 5.11 Å². The largest absolute Gasteiger partial charge is 0.481 e. The topological polar surface area (TPSA) is 112 Å². The average Bonchev–Trinajstić information content (AvgIpc) is 2.68.